The standard InChI is InChI=1S/C24H30N6O.C4H11NO2/c1-3-4-7-22(27-2)18-29(19-23-8-5-6-14-28-23)16-21(25)17-30(26)24-11-9-20(10-12-24)13-15-31;1-5-2-4(7)3-6/h3-12,14-15,17H,2,13,16,18-19,25-26H2,1H3;4-7H,2-3H2,1H3/b4-3-,21-17-,22-7-;/t;4-/m.0/s1. The van der Waals surface area contributed by atoms with Gasteiger partial charge in [-0.2, -0.15) is 0 Å². The van der Waals surface area contributed by atoms with Gasteiger partial charge in [-0.15, -0.1) is 0 Å². The Morgan fingerprint density at radius 2 is 1.97 bits per heavy atom. The molecule has 0 amide bonds. The zero-order valence-electron chi connectivity index (χ0n) is 22.3. The highest BCUT2D eigenvalue weighted by Crippen LogP contribution is 2.14. The predicted octanol–water partition coefficient (Wildman–Crippen LogP) is 1.53. The fourth-order valence-electron chi connectivity index (χ4n) is 3.23. The van der Waals surface area contributed by atoms with Crippen LogP contribution in [0, 0.1) is 0 Å². The SMILES string of the molecule is C=N/C(=C\C=C/C)CN(C/C(N)=C/N(N)c1ccc(CC=O)cc1)Cc1ccccn1.CNC[C@H](O)CO. The Labute approximate surface area is 225 Å². The molecule has 0 aliphatic carbocycles. The molecule has 2 rings (SSSR count). The van der Waals surface area contributed by atoms with Crippen molar-refractivity contribution >= 4 is 18.7 Å². The van der Waals surface area contributed by atoms with Crippen LogP contribution in [0.15, 0.2) is 89.5 Å². The van der Waals surface area contributed by atoms with E-state index in [1.807, 2.05) is 67.6 Å². The minimum atomic E-state index is -0.606. The number of carbonyl (C=O) groups excluding carboxylic acids is 1. The number of pyridine rings is 1. The number of hydrazine groups is 1. The third kappa shape index (κ3) is 13.6. The molecule has 1 heterocycles. The largest absolute Gasteiger partial charge is 0.400 e. The van der Waals surface area contributed by atoms with Gasteiger partial charge in [0.15, 0.2) is 0 Å². The molecule has 38 heavy (non-hydrogen) atoms. The highest BCUT2D eigenvalue weighted by atomic mass is 16.3. The third-order valence-corrected chi connectivity index (χ3v) is 5.10. The van der Waals surface area contributed by atoms with Crippen molar-refractivity contribution < 1.29 is 15.0 Å². The summed E-state index contributed by atoms with van der Waals surface area (Å²) in [4.78, 5) is 21.3. The molecule has 1 atom stereocenters. The molecule has 1 aromatic carbocycles. The number of benzene rings is 1. The lowest BCUT2D eigenvalue weighted by molar-refractivity contribution is -0.107. The number of aliphatic hydroxyl groups excluding tert-OH is 2. The number of nitrogens with one attached hydrogen (secondary N) is 1. The van der Waals surface area contributed by atoms with E-state index < -0.39 is 6.10 Å². The zero-order chi connectivity index (χ0) is 28.2. The first-order valence-electron chi connectivity index (χ1n) is 12.2. The van der Waals surface area contributed by atoms with Crippen molar-refractivity contribution in [3.05, 3.63) is 95.7 Å². The van der Waals surface area contributed by atoms with Gasteiger partial charge in [0.05, 0.1) is 29.8 Å². The number of likely N-dealkylation sites (N-methyl/N-ethyl adjacent to an activating group) is 1. The Morgan fingerprint density at radius 3 is 2.50 bits per heavy atom. The lowest BCUT2D eigenvalue weighted by Gasteiger charge is -2.23. The Kier molecular flexibility index (Phi) is 16.6. The van der Waals surface area contributed by atoms with E-state index in [4.69, 9.17) is 21.8 Å². The number of aliphatic imine (C=N–C) groups is 1. The summed E-state index contributed by atoms with van der Waals surface area (Å²) in [6.45, 7) is 7.54. The second kappa shape index (κ2) is 19.4. The minimum absolute atomic E-state index is 0.166. The number of carbonyl (C=O) groups is 1. The van der Waals surface area contributed by atoms with Crippen molar-refractivity contribution in [2.75, 3.05) is 38.3 Å². The van der Waals surface area contributed by atoms with Crippen molar-refractivity contribution in [3.8, 4) is 0 Å². The number of anilines is 1. The molecule has 0 saturated heterocycles. The molecule has 0 saturated carbocycles. The van der Waals surface area contributed by atoms with Gasteiger partial charge in [-0.3, -0.25) is 19.9 Å². The molecule has 0 bridgehead atoms. The molecule has 10 heteroatoms. The van der Waals surface area contributed by atoms with E-state index in [1.165, 1.54) is 5.01 Å². The maximum atomic E-state index is 10.6. The predicted molar refractivity (Wildman–Crippen MR) is 154 cm³/mol. The van der Waals surface area contributed by atoms with Gasteiger partial charge in [0, 0.05) is 50.7 Å². The number of aromatic nitrogens is 1. The summed E-state index contributed by atoms with van der Waals surface area (Å²) in [5.74, 6) is 6.17. The number of hydrogen-bond donors (Lipinski definition) is 5. The van der Waals surface area contributed by atoms with Crippen LogP contribution in [0.3, 0.4) is 0 Å². The summed E-state index contributed by atoms with van der Waals surface area (Å²) >= 11 is 0. The van der Waals surface area contributed by atoms with Gasteiger partial charge in [-0.05, 0) is 56.6 Å². The van der Waals surface area contributed by atoms with Gasteiger partial charge in [0.1, 0.15) is 6.29 Å². The van der Waals surface area contributed by atoms with Gasteiger partial charge in [0.25, 0.3) is 0 Å². The van der Waals surface area contributed by atoms with Gasteiger partial charge in [0.2, 0.25) is 0 Å². The molecule has 0 unspecified atom stereocenters. The smallest absolute Gasteiger partial charge is 0.124 e. The molecule has 0 radical (unpaired) electrons. The number of allylic oxidation sites excluding steroid dienone is 3. The zero-order valence-corrected chi connectivity index (χ0v) is 22.3. The van der Waals surface area contributed by atoms with Gasteiger partial charge in [-0.1, -0.05) is 30.4 Å². The molecule has 1 aromatic heterocycles. The Bertz CT molecular complexity index is 1020. The Hall–Kier alpha value is -3.67. The average Bonchev–Trinajstić information content (AvgIpc) is 2.92. The Morgan fingerprint density at radius 1 is 1.24 bits per heavy atom. The number of nitrogens with zero attached hydrogens (tertiary/aromatic N) is 4. The van der Waals surface area contributed by atoms with Crippen molar-refractivity contribution in [2.45, 2.75) is 26.0 Å². The second-order valence-electron chi connectivity index (χ2n) is 8.35. The fraction of sp³-hybridized carbons (Fsp3) is 0.321. The first-order valence-corrected chi connectivity index (χ1v) is 12.2. The highest BCUT2D eigenvalue weighted by molar-refractivity contribution is 5.57. The Balaban J connectivity index is 0.000000905. The molecular weight excluding hydrogens is 482 g/mol. The third-order valence-electron chi connectivity index (χ3n) is 5.10. The number of nitrogens with two attached hydrogens (primary N) is 2. The molecule has 7 N–H and O–H groups in total. The van der Waals surface area contributed by atoms with Crippen LogP contribution in [-0.4, -0.2) is 72.5 Å². The van der Waals surface area contributed by atoms with E-state index in [2.05, 4.69) is 26.9 Å². The molecule has 2 aromatic rings. The topological polar surface area (TPSA) is 153 Å². The van der Waals surface area contributed by atoms with Crippen LogP contribution >= 0.6 is 0 Å². The van der Waals surface area contributed by atoms with Crippen molar-refractivity contribution in [1.82, 2.24) is 15.2 Å². The van der Waals surface area contributed by atoms with E-state index >= 15 is 0 Å². The summed E-state index contributed by atoms with van der Waals surface area (Å²) < 4.78 is 0. The fourth-order valence-corrected chi connectivity index (χ4v) is 3.23. The number of aldehydes is 1. The minimum Gasteiger partial charge on any atom is -0.400 e. The van der Waals surface area contributed by atoms with E-state index in [0.717, 1.165) is 28.9 Å². The van der Waals surface area contributed by atoms with Gasteiger partial charge < -0.3 is 26.1 Å². The van der Waals surface area contributed by atoms with E-state index in [0.29, 0.717) is 38.3 Å². The van der Waals surface area contributed by atoms with Gasteiger partial charge in [-0.25, -0.2) is 5.84 Å². The molecule has 0 aliphatic heterocycles. The van der Waals surface area contributed by atoms with Crippen molar-refractivity contribution in [3.63, 3.8) is 0 Å². The molecular formula is C28H41N7O3. The van der Waals surface area contributed by atoms with E-state index in [1.54, 1.807) is 19.4 Å². The lowest BCUT2D eigenvalue weighted by Crippen LogP contribution is -2.32. The van der Waals surface area contributed by atoms with Gasteiger partial charge >= 0.3 is 0 Å². The van der Waals surface area contributed by atoms with Crippen LogP contribution in [0.25, 0.3) is 0 Å². The normalized spacial score (nSPS) is 12.7. The quantitative estimate of drug-likeness (QED) is 0.0769. The van der Waals surface area contributed by atoms with Crippen LogP contribution in [0.1, 0.15) is 18.2 Å². The first kappa shape index (κ1) is 32.4. The lowest BCUT2D eigenvalue weighted by atomic mass is 10.1. The molecule has 0 aliphatic rings. The van der Waals surface area contributed by atoms with Crippen LogP contribution in [0.4, 0.5) is 5.69 Å². The van der Waals surface area contributed by atoms with E-state index in [-0.39, 0.29) is 6.61 Å². The number of rotatable bonds is 15. The first-order chi connectivity index (χ1) is 18.4. The van der Waals surface area contributed by atoms with Crippen LogP contribution in [0.5, 0.6) is 0 Å². The summed E-state index contributed by atoms with van der Waals surface area (Å²) in [7, 11) is 1.72. The maximum Gasteiger partial charge on any atom is 0.124 e. The number of aliphatic hydroxyl groups is 2. The van der Waals surface area contributed by atoms with E-state index in [9.17, 15) is 4.79 Å². The summed E-state index contributed by atoms with van der Waals surface area (Å²) in [5, 5.41) is 20.9. The summed E-state index contributed by atoms with van der Waals surface area (Å²) in [6.07, 6.45) is 9.90. The second-order valence-corrected chi connectivity index (χ2v) is 8.35. The molecule has 0 spiro atoms. The highest BCUT2D eigenvalue weighted by Gasteiger charge is 2.11. The van der Waals surface area contributed by atoms with Crippen LogP contribution < -0.4 is 21.9 Å². The molecule has 0 fully saturated rings. The monoisotopic (exact) mass is 523 g/mol. The van der Waals surface area contributed by atoms with Crippen LogP contribution in [-0.2, 0) is 17.8 Å². The van der Waals surface area contributed by atoms with Crippen LogP contribution in [0.2, 0.25) is 0 Å². The van der Waals surface area contributed by atoms with Crippen molar-refractivity contribution in [1.29, 1.82) is 0 Å². The van der Waals surface area contributed by atoms with Crippen molar-refractivity contribution in [2.24, 2.45) is 16.6 Å². The summed E-state index contributed by atoms with van der Waals surface area (Å²) in [6, 6.07) is 13.3. The average molecular weight is 524 g/mol. The maximum absolute atomic E-state index is 10.6. The number of hydrogen-bond acceptors (Lipinski definition) is 10. The summed E-state index contributed by atoms with van der Waals surface area (Å²) in [5.41, 5.74) is 10.4. The molecule has 10 nitrogen and oxygen atoms in total. The molecule has 206 valence electrons.